The molecule has 0 radical (unpaired) electrons. The molecule has 82 valence electrons. The van der Waals surface area contributed by atoms with E-state index in [1.165, 1.54) is 6.07 Å². The topological polar surface area (TPSA) is 59.3 Å². The zero-order valence-corrected chi connectivity index (χ0v) is 9.20. The zero-order chi connectivity index (χ0) is 11.6. The first kappa shape index (κ1) is 11.5. The van der Waals surface area contributed by atoms with Crippen molar-refractivity contribution in [1.82, 2.24) is 4.57 Å². The Hall–Kier alpha value is -1.58. The number of hydrogen-bond donors (Lipinski definition) is 1. The third-order valence-corrected chi connectivity index (χ3v) is 2.44. The first-order valence-corrected chi connectivity index (χ1v) is 4.93. The molecule has 0 spiro atoms. The Bertz CT molecular complexity index is 446. The molecular formula is C11H15NO3. The van der Waals surface area contributed by atoms with Crippen molar-refractivity contribution in [3.05, 3.63) is 33.2 Å². The summed E-state index contributed by atoms with van der Waals surface area (Å²) in [5.74, 6) is -1.15. The van der Waals surface area contributed by atoms with E-state index in [-0.39, 0.29) is 5.56 Å². The van der Waals surface area contributed by atoms with Gasteiger partial charge < -0.3 is 9.67 Å². The molecule has 0 aliphatic carbocycles. The minimum atomic E-state index is -1.15. The van der Waals surface area contributed by atoms with Gasteiger partial charge >= 0.3 is 5.97 Å². The van der Waals surface area contributed by atoms with Crippen LogP contribution in [0.2, 0.25) is 0 Å². The van der Waals surface area contributed by atoms with Gasteiger partial charge in [-0.1, -0.05) is 6.92 Å². The molecule has 15 heavy (non-hydrogen) atoms. The Balaban J connectivity index is 3.49. The minimum absolute atomic E-state index is 0.117. The zero-order valence-electron chi connectivity index (χ0n) is 9.20. The van der Waals surface area contributed by atoms with Gasteiger partial charge in [0, 0.05) is 24.0 Å². The molecular weight excluding hydrogens is 194 g/mol. The predicted molar refractivity (Wildman–Crippen MR) is 57.4 cm³/mol. The second-order valence-electron chi connectivity index (χ2n) is 3.57. The highest BCUT2D eigenvalue weighted by Gasteiger charge is 2.15. The molecule has 0 amide bonds. The van der Waals surface area contributed by atoms with Gasteiger partial charge in [0.15, 0.2) is 5.43 Å². The Morgan fingerprint density at radius 2 is 2.07 bits per heavy atom. The van der Waals surface area contributed by atoms with Crippen molar-refractivity contribution in [3.8, 4) is 0 Å². The Labute approximate surface area is 88.2 Å². The fraction of sp³-hybridized carbons (Fsp3) is 0.455. The van der Waals surface area contributed by atoms with Crippen molar-refractivity contribution in [3.63, 3.8) is 0 Å². The monoisotopic (exact) mass is 209 g/mol. The number of nitrogens with zero attached hydrogens (tertiary/aromatic N) is 1. The average molecular weight is 209 g/mol. The molecule has 0 aliphatic rings. The molecule has 0 bridgehead atoms. The molecule has 0 fully saturated rings. The fourth-order valence-electron chi connectivity index (χ4n) is 1.75. The van der Waals surface area contributed by atoms with Crippen LogP contribution in [0.25, 0.3) is 0 Å². The maximum atomic E-state index is 11.5. The van der Waals surface area contributed by atoms with Gasteiger partial charge in [0.25, 0.3) is 0 Å². The highest BCUT2D eigenvalue weighted by atomic mass is 16.4. The summed E-state index contributed by atoms with van der Waals surface area (Å²) in [6.07, 6.45) is 0.906. The summed E-state index contributed by atoms with van der Waals surface area (Å²) >= 11 is 0. The number of pyridine rings is 1. The van der Waals surface area contributed by atoms with Crippen LogP contribution in [0.5, 0.6) is 0 Å². The lowest BCUT2D eigenvalue weighted by Crippen LogP contribution is -2.22. The SMILES string of the molecule is CCCn1c(C)cc(=O)c(C(=O)O)c1C. The van der Waals surface area contributed by atoms with E-state index in [0.29, 0.717) is 5.69 Å². The summed E-state index contributed by atoms with van der Waals surface area (Å²) in [7, 11) is 0. The number of carboxylic acids is 1. The van der Waals surface area contributed by atoms with Gasteiger partial charge in [-0.3, -0.25) is 4.79 Å². The van der Waals surface area contributed by atoms with Crippen LogP contribution in [-0.2, 0) is 6.54 Å². The standard InChI is InChI=1S/C11H15NO3/c1-4-5-12-7(2)6-9(13)10(8(12)3)11(14)15/h6H,4-5H2,1-3H3,(H,14,15). The van der Waals surface area contributed by atoms with Crippen LogP contribution in [0.4, 0.5) is 0 Å². The summed E-state index contributed by atoms with van der Waals surface area (Å²) < 4.78 is 1.87. The molecule has 1 N–H and O–H groups in total. The van der Waals surface area contributed by atoms with Gasteiger partial charge in [0.1, 0.15) is 5.56 Å². The second kappa shape index (κ2) is 4.29. The van der Waals surface area contributed by atoms with E-state index in [4.69, 9.17) is 5.11 Å². The quantitative estimate of drug-likeness (QED) is 0.822. The van der Waals surface area contributed by atoms with E-state index >= 15 is 0 Å². The molecule has 4 heteroatoms. The molecule has 1 rings (SSSR count). The number of aromatic nitrogens is 1. The first-order chi connectivity index (χ1) is 6.99. The lowest BCUT2D eigenvalue weighted by atomic mass is 10.1. The third-order valence-electron chi connectivity index (χ3n) is 2.44. The lowest BCUT2D eigenvalue weighted by molar-refractivity contribution is 0.0693. The van der Waals surface area contributed by atoms with E-state index in [9.17, 15) is 9.59 Å². The second-order valence-corrected chi connectivity index (χ2v) is 3.57. The van der Waals surface area contributed by atoms with Crippen LogP contribution < -0.4 is 5.43 Å². The van der Waals surface area contributed by atoms with Crippen molar-refractivity contribution in [2.24, 2.45) is 0 Å². The minimum Gasteiger partial charge on any atom is -0.477 e. The predicted octanol–water partition coefficient (Wildman–Crippen LogP) is 1.57. The van der Waals surface area contributed by atoms with E-state index < -0.39 is 11.4 Å². The van der Waals surface area contributed by atoms with Crippen molar-refractivity contribution in [2.45, 2.75) is 33.7 Å². The van der Waals surface area contributed by atoms with Crippen LogP contribution in [-0.4, -0.2) is 15.6 Å². The fourth-order valence-corrected chi connectivity index (χ4v) is 1.75. The molecule has 1 aromatic heterocycles. The van der Waals surface area contributed by atoms with Crippen molar-refractivity contribution >= 4 is 5.97 Å². The van der Waals surface area contributed by atoms with Gasteiger partial charge in [-0.05, 0) is 20.3 Å². The molecule has 0 atom stereocenters. The van der Waals surface area contributed by atoms with Crippen LogP contribution in [0.3, 0.4) is 0 Å². The van der Waals surface area contributed by atoms with Crippen molar-refractivity contribution in [1.29, 1.82) is 0 Å². The van der Waals surface area contributed by atoms with Gasteiger partial charge in [-0.2, -0.15) is 0 Å². The molecule has 0 aliphatic heterocycles. The van der Waals surface area contributed by atoms with Crippen LogP contribution >= 0.6 is 0 Å². The molecule has 0 aromatic carbocycles. The van der Waals surface area contributed by atoms with Gasteiger partial charge in [-0.25, -0.2) is 4.79 Å². The van der Waals surface area contributed by atoms with Gasteiger partial charge in [0.05, 0.1) is 0 Å². The third kappa shape index (κ3) is 2.09. The molecule has 0 saturated carbocycles. The number of rotatable bonds is 3. The lowest BCUT2D eigenvalue weighted by Gasteiger charge is -2.14. The Kier molecular flexibility index (Phi) is 3.29. The van der Waals surface area contributed by atoms with E-state index in [2.05, 4.69) is 0 Å². The summed E-state index contributed by atoms with van der Waals surface area (Å²) in [6, 6.07) is 1.38. The Morgan fingerprint density at radius 1 is 1.47 bits per heavy atom. The number of aryl methyl sites for hydroxylation is 1. The van der Waals surface area contributed by atoms with Crippen LogP contribution in [0.15, 0.2) is 10.9 Å². The highest BCUT2D eigenvalue weighted by molar-refractivity contribution is 5.88. The average Bonchev–Trinajstić information content (AvgIpc) is 2.11. The molecule has 4 nitrogen and oxygen atoms in total. The Morgan fingerprint density at radius 3 is 2.53 bits per heavy atom. The number of carbonyl (C=O) groups is 1. The van der Waals surface area contributed by atoms with Gasteiger partial charge in [0.2, 0.25) is 0 Å². The summed E-state index contributed by atoms with van der Waals surface area (Å²) in [6.45, 7) is 6.23. The number of hydrogen-bond acceptors (Lipinski definition) is 2. The van der Waals surface area contributed by atoms with Crippen LogP contribution in [0, 0.1) is 13.8 Å². The molecule has 1 heterocycles. The maximum Gasteiger partial charge on any atom is 0.341 e. The number of carboxylic acid groups (broad SMARTS) is 1. The molecule has 1 aromatic rings. The van der Waals surface area contributed by atoms with E-state index in [1.54, 1.807) is 6.92 Å². The van der Waals surface area contributed by atoms with E-state index in [1.807, 2.05) is 18.4 Å². The highest BCUT2D eigenvalue weighted by Crippen LogP contribution is 2.08. The van der Waals surface area contributed by atoms with E-state index in [0.717, 1.165) is 18.7 Å². The normalized spacial score (nSPS) is 10.3. The van der Waals surface area contributed by atoms with Gasteiger partial charge in [-0.15, -0.1) is 0 Å². The smallest absolute Gasteiger partial charge is 0.341 e. The summed E-state index contributed by atoms with van der Waals surface area (Å²) in [5.41, 5.74) is 0.817. The maximum absolute atomic E-state index is 11.5. The van der Waals surface area contributed by atoms with Crippen LogP contribution in [0.1, 0.15) is 35.1 Å². The van der Waals surface area contributed by atoms with Crippen molar-refractivity contribution in [2.75, 3.05) is 0 Å². The summed E-state index contributed by atoms with van der Waals surface area (Å²) in [5, 5.41) is 8.92. The molecule has 0 unspecified atom stereocenters. The van der Waals surface area contributed by atoms with Crippen molar-refractivity contribution < 1.29 is 9.90 Å². The first-order valence-electron chi connectivity index (χ1n) is 4.93. The number of aromatic carboxylic acids is 1. The summed E-state index contributed by atoms with van der Waals surface area (Å²) in [4.78, 5) is 22.4. The molecule has 0 saturated heterocycles. The largest absolute Gasteiger partial charge is 0.477 e.